The second-order valence-electron chi connectivity index (χ2n) is 5.46. The largest absolute Gasteiger partial charge is 0.336 e. The Morgan fingerprint density at radius 1 is 1.38 bits per heavy atom. The molecule has 2 saturated heterocycles. The molecule has 0 saturated carbocycles. The summed E-state index contributed by atoms with van der Waals surface area (Å²) in [4.78, 5) is 27.0. The van der Waals surface area contributed by atoms with E-state index in [2.05, 4.69) is 5.32 Å². The monoisotopic (exact) mass is 291 g/mol. The van der Waals surface area contributed by atoms with Crippen molar-refractivity contribution in [2.24, 2.45) is 0 Å². The first-order valence-electron chi connectivity index (χ1n) is 7.23. The fraction of sp³-hybridized carbons (Fsp3) is 0.467. The number of hydrogen-bond acceptors (Lipinski definition) is 3. The maximum absolute atomic E-state index is 13.4. The van der Waals surface area contributed by atoms with E-state index in [0.717, 1.165) is 24.9 Å². The van der Waals surface area contributed by atoms with Gasteiger partial charge in [-0.25, -0.2) is 9.18 Å². The molecule has 1 aromatic carbocycles. The van der Waals surface area contributed by atoms with Crippen LogP contribution < -0.4 is 5.32 Å². The third-order valence-electron chi connectivity index (χ3n) is 4.09. The number of likely N-dealkylation sites (tertiary alicyclic amines) is 1. The summed E-state index contributed by atoms with van der Waals surface area (Å²) in [5, 5.41) is 2.62. The quantitative estimate of drug-likeness (QED) is 0.918. The standard InChI is InChI=1S/C15H18FN3O2/c16-12-4-1-3-11(9-12)13-5-2-7-18(13)10-14(20)19-8-6-17-15(19)21/h1,3-4,9,13H,2,5-8,10H2,(H,17,21). The molecule has 2 heterocycles. The Morgan fingerprint density at radius 3 is 2.95 bits per heavy atom. The highest BCUT2D eigenvalue weighted by atomic mass is 19.1. The van der Waals surface area contributed by atoms with Crippen LogP contribution in [0.25, 0.3) is 0 Å². The zero-order valence-electron chi connectivity index (χ0n) is 11.7. The van der Waals surface area contributed by atoms with Gasteiger partial charge in [-0.3, -0.25) is 14.6 Å². The molecule has 0 spiro atoms. The fourth-order valence-electron chi connectivity index (χ4n) is 3.08. The van der Waals surface area contributed by atoms with Gasteiger partial charge < -0.3 is 5.32 Å². The summed E-state index contributed by atoms with van der Waals surface area (Å²) in [6.45, 7) is 1.94. The van der Waals surface area contributed by atoms with Crippen LogP contribution in [0.4, 0.5) is 9.18 Å². The first-order chi connectivity index (χ1) is 10.1. The SMILES string of the molecule is O=C(CN1CCCC1c1cccc(F)c1)N1CCNC1=O. The summed E-state index contributed by atoms with van der Waals surface area (Å²) >= 11 is 0. The molecule has 21 heavy (non-hydrogen) atoms. The minimum atomic E-state index is -0.318. The van der Waals surface area contributed by atoms with Crippen LogP contribution in [0.2, 0.25) is 0 Å². The summed E-state index contributed by atoms with van der Waals surface area (Å²) in [6.07, 6.45) is 1.88. The lowest BCUT2D eigenvalue weighted by atomic mass is 10.0. The number of benzene rings is 1. The molecule has 0 radical (unpaired) electrons. The maximum Gasteiger partial charge on any atom is 0.324 e. The van der Waals surface area contributed by atoms with Crippen LogP contribution in [0.3, 0.4) is 0 Å². The van der Waals surface area contributed by atoms with Crippen molar-refractivity contribution in [3.05, 3.63) is 35.6 Å². The van der Waals surface area contributed by atoms with Gasteiger partial charge in [0.25, 0.3) is 0 Å². The van der Waals surface area contributed by atoms with E-state index >= 15 is 0 Å². The minimum Gasteiger partial charge on any atom is -0.336 e. The van der Waals surface area contributed by atoms with Gasteiger partial charge in [-0.2, -0.15) is 0 Å². The van der Waals surface area contributed by atoms with E-state index in [1.54, 1.807) is 6.07 Å². The number of imide groups is 1. The zero-order valence-corrected chi connectivity index (χ0v) is 11.7. The average Bonchev–Trinajstić information content (AvgIpc) is 3.07. The van der Waals surface area contributed by atoms with Crippen LogP contribution in [0, 0.1) is 5.82 Å². The van der Waals surface area contributed by atoms with Crippen molar-refractivity contribution in [3.8, 4) is 0 Å². The lowest BCUT2D eigenvalue weighted by Gasteiger charge is -2.25. The van der Waals surface area contributed by atoms with Gasteiger partial charge in [-0.15, -0.1) is 0 Å². The second-order valence-corrected chi connectivity index (χ2v) is 5.46. The topological polar surface area (TPSA) is 52.7 Å². The predicted octanol–water partition coefficient (Wildman–Crippen LogP) is 1.51. The zero-order chi connectivity index (χ0) is 14.8. The smallest absolute Gasteiger partial charge is 0.324 e. The summed E-state index contributed by atoms with van der Waals surface area (Å²) < 4.78 is 13.4. The number of nitrogens with one attached hydrogen (secondary N) is 1. The number of hydrogen-bond donors (Lipinski definition) is 1. The van der Waals surface area contributed by atoms with E-state index in [9.17, 15) is 14.0 Å². The normalized spacial score (nSPS) is 22.6. The Kier molecular flexibility index (Phi) is 3.88. The van der Waals surface area contributed by atoms with E-state index in [4.69, 9.17) is 0 Å². The third kappa shape index (κ3) is 2.90. The highest BCUT2D eigenvalue weighted by Crippen LogP contribution is 2.31. The lowest BCUT2D eigenvalue weighted by Crippen LogP contribution is -2.41. The average molecular weight is 291 g/mol. The molecule has 2 aliphatic rings. The van der Waals surface area contributed by atoms with Gasteiger partial charge in [0.15, 0.2) is 0 Å². The van der Waals surface area contributed by atoms with Crippen molar-refractivity contribution in [1.82, 2.24) is 15.1 Å². The van der Waals surface area contributed by atoms with Crippen LogP contribution >= 0.6 is 0 Å². The molecule has 3 amide bonds. The van der Waals surface area contributed by atoms with Crippen molar-refractivity contribution in [2.75, 3.05) is 26.2 Å². The molecule has 2 aliphatic heterocycles. The van der Waals surface area contributed by atoms with Gasteiger partial charge >= 0.3 is 6.03 Å². The first kappa shape index (κ1) is 14.0. The Hall–Kier alpha value is -1.95. The Labute approximate surface area is 122 Å². The second kappa shape index (κ2) is 5.81. The number of urea groups is 1. The molecule has 3 rings (SSSR count). The molecule has 5 nitrogen and oxygen atoms in total. The van der Waals surface area contributed by atoms with Gasteiger partial charge in [0.05, 0.1) is 6.54 Å². The highest BCUT2D eigenvalue weighted by Gasteiger charge is 2.32. The molecule has 0 aromatic heterocycles. The minimum absolute atomic E-state index is 0.0512. The number of halogens is 1. The predicted molar refractivity (Wildman–Crippen MR) is 75.1 cm³/mol. The van der Waals surface area contributed by atoms with Crippen LogP contribution in [-0.2, 0) is 4.79 Å². The van der Waals surface area contributed by atoms with Crippen molar-refractivity contribution in [1.29, 1.82) is 0 Å². The van der Waals surface area contributed by atoms with E-state index in [0.29, 0.717) is 13.1 Å². The molecule has 112 valence electrons. The van der Waals surface area contributed by atoms with Crippen molar-refractivity contribution in [3.63, 3.8) is 0 Å². The van der Waals surface area contributed by atoms with E-state index in [1.165, 1.54) is 17.0 Å². The molecule has 1 unspecified atom stereocenters. The number of nitrogens with zero attached hydrogens (tertiary/aromatic N) is 2. The van der Waals surface area contributed by atoms with Gasteiger partial charge in [0.2, 0.25) is 5.91 Å². The number of amides is 3. The molecule has 6 heteroatoms. The maximum atomic E-state index is 13.4. The van der Waals surface area contributed by atoms with Crippen molar-refractivity contribution >= 4 is 11.9 Å². The number of rotatable bonds is 3. The molecule has 2 fully saturated rings. The van der Waals surface area contributed by atoms with Gasteiger partial charge in [-0.1, -0.05) is 12.1 Å². The highest BCUT2D eigenvalue weighted by molar-refractivity contribution is 5.96. The molecule has 1 N–H and O–H groups in total. The molecule has 0 bridgehead atoms. The van der Waals surface area contributed by atoms with Crippen molar-refractivity contribution in [2.45, 2.75) is 18.9 Å². The van der Waals surface area contributed by atoms with E-state index < -0.39 is 0 Å². The molecule has 1 atom stereocenters. The molecule has 0 aliphatic carbocycles. The van der Waals surface area contributed by atoms with Crippen LogP contribution in [0.15, 0.2) is 24.3 Å². The van der Waals surface area contributed by atoms with Gasteiger partial charge in [0, 0.05) is 19.1 Å². The van der Waals surface area contributed by atoms with Crippen LogP contribution in [-0.4, -0.2) is 47.9 Å². The molecular weight excluding hydrogens is 273 g/mol. The van der Waals surface area contributed by atoms with Gasteiger partial charge in [-0.05, 0) is 37.1 Å². The Balaban J connectivity index is 1.69. The Bertz CT molecular complexity index is 564. The van der Waals surface area contributed by atoms with E-state index in [1.807, 2.05) is 11.0 Å². The summed E-state index contributed by atoms with van der Waals surface area (Å²) in [6, 6.07) is 6.26. The first-order valence-corrected chi connectivity index (χ1v) is 7.23. The van der Waals surface area contributed by atoms with E-state index in [-0.39, 0.29) is 30.3 Å². The number of carbonyl (C=O) groups is 2. The van der Waals surface area contributed by atoms with Crippen molar-refractivity contribution < 1.29 is 14.0 Å². The molecular formula is C15H18FN3O2. The summed E-state index contributed by atoms with van der Waals surface area (Å²) in [5.41, 5.74) is 0.895. The van der Waals surface area contributed by atoms with Crippen LogP contribution in [0.5, 0.6) is 0 Å². The fourth-order valence-corrected chi connectivity index (χ4v) is 3.08. The Morgan fingerprint density at radius 2 is 2.24 bits per heavy atom. The lowest BCUT2D eigenvalue weighted by molar-refractivity contribution is -0.129. The molecule has 1 aromatic rings. The van der Waals surface area contributed by atoms with Gasteiger partial charge in [0.1, 0.15) is 5.82 Å². The number of carbonyl (C=O) groups excluding carboxylic acids is 2. The summed E-state index contributed by atoms with van der Waals surface area (Å²) in [7, 11) is 0. The summed E-state index contributed by atoms with van der Waals surface area (Å²) in [5.74, 6) is -0.446. The third-order valence-corrected chi connectivity index (χ3v) is 4.09. The van der Waals surface area contributed by atoms with Crippen LogP contribution in [0.1, 0.15) is 24.4 Å².